The fourth-order valence-corrected chi connectivity index (χ4v) is 12.1. The molecular weight excluding hydrogens is 262 g/mol. The van der Waals surface area contributed by atoms with Crippen molar-refractivity contribution >= 4 is 22.5 Å². The first kappa shape index (κ1) is 16.4. The molecule has 0 aliphatic rings. The van der Waals surface area contributed by atoms with Crippen molar-refractivity contribution in [1.29, 1.82) is 0 Å². The maximum Gasteiger partial charge on any atom is 0.112 e. The van der Waals surface area contributed by atoms with Gasteiger partial charge in [-0.2, -0.15) is 0 Å². The van der Waals surface area contributed by atoms with Gasteiger partial charge in [0.1, 0.15) is 16.5 Å². The van der Waals surface area contributed by atoms with Crippen molar-refractivity contribution in [2.45, 2.75) is 46.2 Å². The van der Waals surface area contributed by atoms with Crippen molar-refractivity contribution in [1.82, 2.24) is 4.23 Å². The average Bonchev–Trinajstić information content (AvgIpc) is 2.24. The highest BCUT2D eigenvalue weighted by Gasteiger charge is 2.33. The van der Waals surface area contributed by atoms with E-state index in [9.17, 15) is 0 Å². The third-order valence-corrected chi connectivity index (χ3v) is 10.8. The Morgan fingerprint density at radius 1 is 0.947 bits per heavy atom. The standard InChI is InChI=1S/C16H29NSi2/c1-15(13-16-11-9-8-10-12-16)14-17(18(2,3)4)19(5,6)7/h8-13H,14H2,1-7H3/b15-13+. The molecule has 0 aliphatic carbocycles. The van der Waals surface area contributed by atoms with Crippen LogP contribution in [-0.2, 0) is 0 Å². The van der Waals surface area contributed by atoms with Gasteiger partial charge in [-0.1, -0.05) is 81.3 Å². The van der Waals surface area contributed by atoms with Crippen LogP contribution >= 0.6 is 0 Å². The third-order valence-electron chi connectivity index (χ3n) is 3.24. The second-order valence-corrected chi connectivity index (χ2v) is 17.5. The zero-order chi connectivity index (χ0) is 14.7. The molecule has 1 nitrogen and oxygen atoms in total. The highest BCUT2D eigenvalue weighted by atomic mass is 28.4. The third kappa shape index (κ3) is 5.47. The van der Waals surface area contributed by atoms with Gasteiger partial charge in [0.2, 0.25) is 0 Å². The number of nitrogens with zero attached hydrogens (tertiary/aromatic N) is 1. The van der Waals surface area contributed by atoms with Gasteiger partial charge >= 0.3 is 0 Å². The Balaban J connectivity index is 2.89. The molecular formula is C16H29NSi2. The van der Waals surface area contributed by atoms with Gasteiger partial charge < -0.3 is 4.23 Å². The quantitative estimate of drug-likeness (QED) is 0.685. The molecule has 0 saturated carbocycles. The van der Waals surface area contributed by atoms with E-state index in [0.717, 1.165) is 6.54 Å². The summed E-state index contributed by atoms with van der Waals surface area (Å²) in [6.45, 7) is 18.1. The molecule has 1 aromatic carbocycles. The van der Waals surface area contributed by atoms with E-state index in [1.807, 2.05) is 0 Å². The van der Waals surface area contributed by atoms with E-state index in [-0.39, 0.29) is 0 Å². The van der Waals surface area contributed by atoms with Crippen LogP contribution in [-0.4, -0.2) is 27.2 Å². The van der Waals surface area contributed by atoms with Gasteiger partial charge in [0, 0.05) is 6.54 Å². The van der Waals surface area contributed by atoms with Crippen molar-refractivity contribution < 1.29 is 0 Å². The van der Waals surface area contributed by atoms with E-state index in [1.54, 1.807) is 0 Å². The van der Waals surface area contributed by atoms with Gasteiger partial charge in [0.15, 0.2) is 0 Å². The Hall–Kier alpha value is -0.646. The van der Waals surface area contributed by atoms with Crippen LogP contribution in [0.2, 0.25) is 39.3 Å². The zero-order valence-corrected chi connectivity index (χ0v) is 15.6. The summed E-state index contributed by atoms with van der Waals surface area (Å²) in [5, 5.41) is 0. The van der Waals surface area contributed by atoms with Gasteiger partial charge in [0.25, 0.3) is 0 Å². The van der Waals surface area contributed by atoms with Crippen LogP contribution in [0.4, 0.5) is 0 Å². The molecule has 0 unspecified atom stereocenters. The van der Waals surface area contributed by atoms with Crippen molar-refractivity contribution in [2.24, 2.45) is 0 Å². The monoisotopic (exact) mass is 291 g/mol. The first-order valence-corrected chi connectivity index (χ1v) is 14.0. The average molecular weight is 292 g/mol. The van der Waals surface area contributed by atoms with E-state index >= 15 is 0 Å². The Morgan fingerprint density at radius 2 is 1.42 bits per heavy atom. The Bertz CT molecular complexity index is 410. The lowest BCUT2D eigenvalue weighted by Crippen LogP contribution is -2.59. The minimum atomic E-state index is -1.25. The molecule has 0 radical (unpaired) electrons. The summed E-state index contributed by atoms with van der Waals surface area (Å²) in [5.41, 5.74) is 2.78. The molecule has 0 spiro atoms. The predicted octanol–water partition coefficient (Wildman–Crippen LogP) is 5.06. The zero-order valence-electron chi connectivity index (χ0n) is 13.6. The van der Waals surface area contributed by atoms with Crippen molar-refractivity contribution in [3.63, 3.8) is 0 Å². The van der Waals surface area contributed by atoms with Crippen LogP contribution < -0.4 is 0 Å². The molecule has 1 rings (SSSR count). The molecule has 1 aromatic rings. The summed E-state index contributed by atoms with van der Waals surface area (Å²) in [6, 6.07) is 10.6. The minimum absolute atomic E-state index is 1.13. The molecule has 0 aromatic heterocycles. The molecule has 0 fully saturated rings. The van der Waals surface area contributed by atoms with E-state index in [0.29, 0.717) is 0 Å². The molecule has 0 bridgehead atoms. The number of hydrogen-bond donors (Lipinski definition) is 0. The predicted molar refractivity (Wildman–Crippen MR) is 93.5 cm³/mol. The SMILES string of the molecule is C/C(=C\c1ccccc1)CN([Si](C)(C)C)[Si](C)(C)C. The normalized spacial score (nSPS) is 14.0. The van der Waals surface area contributed by atoms with E-state index in [1.165, 1.54) is 11.1 Å². The summed E-state index contributed by atoms with van der Waals surface area (Å²) < 4.78 is 2.83. The smallest absolute Gasteiger partial charge is 0.112 e. The van der Waals surface area contributed by atoms with E-state index < -0.39 is 16.5 Å². The maximum atomic E-state index is 2.83. The van der Waals surface area contributed by atoms with E-state index in [2.05, 4.69) is 86.8 Å². The van der Waals surface area contributed by atoms with Crippen LogP contribution in [0.3, 0.4) is 0 Å². The largest absolute Gasteiger partial charge is 0.342 e. The highest BCUT2D eigenvalue weighted by Crippen LogP contribution is 2.21. The van der Waals surface area contributed by atoms with Crippen molar-refractivity contribution in [2.75, 3.05) is 6.54 Å². The Kier molecular flexibility index (Phi) is 5.36. The highest BCUT2D eigenvalue weighted by molar-refractivity contribution is 6.89. The first-order valence-electron chi connectivity index (χ1n) is 7.11. The fraction of sp³-hybridized carbons (Fsp3) is 0.500. The number of hydrogen-bond acceptors (Lipinski definition) is 1. The first-order chi connectivity index (χ1) is 8.60. The Labute approximate surface area is 121 Å². The van der Waals surface area contributed by atoms with Crippen LogP contribution in [0.25, 0.3) is 6.08 Å². The van der Waals surface area contributed by atoms with Crippen LogP contribution in [0, 0.1) is 0 Å². The molecule has 0 N–H and O–H groups in total. The fourth-order valence-electron chi connectivity index (χ4n) is 2.61. The topological polar surface area (TPSA) is 3.24 Å². The van der Waals surface area contributed by atoms with Gasteiger partial charge in [-0.25, -0.2) is 0 Å². The lowest BCUT2D eigenvalue weighted by atomic mass is 10.1. The maximum absolute atomic E-state index is 2.83. The summed E-state index contributed by atoms with van der Waals surface area (Å²) in [6.07, 6.45) is 2.33. The summed E-state index contributed by atoms with van der Waals surface area (Å²) in [5.74, 6) is 0. The van der Waals surface area contributed by atoms with Crippen molar-refractivity contribution in [3.05, 3.63) is 41.5 Å². The second kappa shape index (κ2) is 6.20. The Morgan fingerprint density at radius 3 is 1.84 bits per heavy atom. The molecule has 0 aliphatic heterocycles. The van der Waals surface area contributed by atoms with Crippen LogP contribution in [0.1, 0.15) is 12.5 Å². The lowest BCUT2D eigenvalue weighted by Gasteiger charge is -2.43. The molecule has 0 heterocycles. The molecule has 106 valence electrons. The van der Waals surface area contributed by atoms with Gasteiger partial charge in [-0.3, -0.25) is 0 Å². The van der Waals surface area contributed by atoms with Gasteiger partial charge in [0.05, 0.1) is 0 Å². The lowest BCUT2D eigenvalue weighted by molar-refractivity contribution is 0.668. The van der Waals surface area contributed by atoms with Crippen LogP contribution in [0.5, 0.6) is 0 Å². The van der Waals surface area contributed by atoms with Gasteiger partial charge in [-0.05, 0) is 12.5 Å². The number of rotatable bonds is 5. The molecule has 0 atom stereocenters. The summed E-state index contributed by atoms with van der Waals surface area (Å²) >= 11 is 0. The summed E-state index contributed by atoms with van der Waals surface area (Å²) in [4.78, 5) is 0. The minimum Gasteiger partial charge on any atom is -0.342 e. The molecule has 19 heavy (non-hydrogen) atoms. The molecule has 0 amide bonds. The summed E-state index contributed by atoms with van der Waals surface area (Å²) in [7, 11) is -2.50. The molecule has 3 heteroatoms. The second-order valence-electron chi connectivity index (χ2n) is 7.33. The van der Waals surface area contributed by atoms with Gasteiger partial charge in [-0.15, -0.1) is 0 Å². The van der Waals surface area contributed by atoms with E-state index in [4.69, 9.17) is 0 Å². The van der Waals surface area contributed by atoms with Crippen molar-refractivity contribution in [3.8, 4) is 0 Å². The number of benzene rings is 1. The molecule has 0 saturated heterocycles. The van der Waals surface area contributed by atoms with Crippen LogP contribution in [0.15, 0.2) is 35.9 Å².